The smallest absolute Gasteiger partial charge is 0.261 e. The van der Waals surface area contributed by atoms with E-state index in [0.717, 1.165) is 32.1 Å². The molecule has 0 aliphatic carbocycles. The molecule has 2 aliphatic heterocycles. The van der Waals surface area contributed by atoms with Gasteiger partial charge in [0.15, 0.2) is 5.78 Å². The largest absolute Gasteiger partial charge is 0.509 e. The monoisotopic (exact) mass is 293 g/mol. The van der Waals surface area contributed by atoms with Gasteiger partial charge in [-0.1, -0.05) is 45.4 Å². The summed E-state index contributed by atoms with van der Waals surface area (Å²) in [5.41, 5.74) is 0.0747. The Kier molecular flexibility index (Phi) is 5.83. The second kappa shape index (κ2) is 7.62. The van der Waals surface area contributed by atoms with Gasteiger partial charge < -0.3 is 10.0 Å². The van der Waals surface area contributed by atoms with E-state index in [9.17, 15) is 14.7 Å². The van der Waals surface area contributed by atoms with E-state index in [1.54, 1.807) is 4.90 Å². The third-order valence-electron chi connectivity index (χ3n) is 4.59. The van der Waals surface area contributed by atoms with E-state index in [1.165, 1.54) is 25.7 Å². The summed E-state index contributed by atoms with van der Waals surface area (Å²) < 4.78 is 0. The first-order valence-electron chi connectivity index (χ1n) is 8.44. The maximum atomic E-state index is 12.2. The Morgan fingerprint density at radius 3 is 2.52 bits per heavy atom. The number of ketones is 1. The second-order valence-corrected chi connectivity index (χ2v) is 6.21. The number of unbranched alkanes of at least 4 members (excludes halogenated alkanes) is 6. The SMILES string of the molecule is CCCCCCCCCC(=O)C1=C(O)C2CCCN2C1=O. The maximum absolute atomic E-state index is 12.2. The maximum Gasteiger partial charge on any atom is 0.261 e. The van der Waals surface area contributed by atoms with Crippen LogP contribution in [0.3, 0.4) is 0 Å². The summed E-state index contributed by atoms with van der Waals surface area (Å²) in [7, 11) is 0. The van der Waals surface area contributed by atoms with E-state index in [4.69, 9.17) is 0 Å². The Morgan fingerprint density at radius 1 is 1.19 bits per heavy atom. The third kappa shape index (κ3) is 3.66. The highest BCUT2D eigenvalue weighted by molar-refractivity contribution is 6.21. The van der Waals surface area contributed by atoms with Gasteiger partial charge in [-0.25, -0.2) is 0 Å². The summed E-state index contributed by atoms with van der Waals surface area (Å²) in [5, 5.41) is 10.1. The number of hydrogen-bond donors (Lipinski definition) is 1. The molecule has 1 unspecified atom stereocenters. The standard InChI is InChI=1S/C17H27NO3/c1-2-3-4-5-6-7-8-11-14(19)15-16(20)13-10-9-12-18(13)17(15)21/h13,20H,2-12H2,1H3. The molecule has 0 aromatic rings. The van der Waals surface area contributed by atoms with Gasteiger partial charge in [0, 0.05) is 13.0 Å². The molecule has 0 aromatic carbocycles. The highest BCUT2D eigenvalue weighted by Gasteiger charge is 2.44. The number of Topliss-reactive ketones (excluding diaryl/α,β-unsaturated/α-hetero) is 1. The second-order valence-electron chi connectivity index (χ2n) is 6.21. The summed E-state index contributed by atoms with van der Waals surface area (Å²) in [5.74, 6) is -0.381. The van der Waals surface area contributed by atoms with Crippen molar-refractivity contribution in [3.63, 3.8) is 0 Å². The van der Waals surface area contributed by atoms with Crippen LogP contribution in [-0.4, -0.2) is 34.3 Å². The van der Waals surface area contributed by atoms with Crippen LogP contribution in [0.4, 0.5) is 0 Å². The van der Waals surface area contributed by atoms with Crippen molar-refractivity contribution in [2.45, 2.75) is 77.2 Å². The van der Waals surface area contributed by atoms with Crippen molar-refractivity contribution in [1.82, 2.24) is 4.90 Å². The molecule has 1 N–H and O–H groups in total. The van der Waals surface area contributed by atoms with Crippen LogP contribution in [-0.2, 0) is 9.59 Å². The Morgan fingerprint density at radius 2 is 1.86 bits per heavy atom. The highest BCUT2D eigenvalue weighted by Crippen LogP contribution is 2.33. The van der Waals surface area contributed by atoms with E-state index in [0.29, 0.717) is 13.0 Å². The molecule has 1 amide bonds. The molecule has 0 radical (unpaired) electrons. The summed E-state index contributed by atoms with van der Waals surface area (Å²) in [4.78, 5) is 25.9. The molecule has 0 saturated carbocycles. The number of nitrogens with zero attached hydrogens (tertiary/aromatic N) is 1. The van der Waals surface area contributed by atoms with Gasteiger partial charge in [-0.15, -0.1) is 0 Å². The number of hydrogen-bond acceptors (Lipinski definition) is 3. The fourth-order valence-electron chi connectivity index (χ4n) is 3.34. The van der Waals surface area contributed by atoms with Gasteiger partial charge >= 0.3 is 0 Å². The summed E-state index contributed by atoms with van der Waals surface area (Å²) in [6, 6.07) is -0.217. The molecule has 1 fully saturated rings. The number of carbonyl (C=O) groups is 2. The topological polar surface area (TPSA) is 57.6 Å². The molecular weight excluding hydrogens is 266 g/mol. The van der Waals surface area contributed by atoms with E-state index in [-0.39, 0.29) is 29.1 Å². The number of carbonyl (C=O) groups excluding carboxylic acids is 2. The number of fused-ring (bicyclic) bond motifs is 1. The number of aliphatic hydroxyl groups is 1. The van der Waals surface area contributed by atoms with Crippen LogP contribution in [0, 0.1) is 0 Å². The quantitative estimate of drug-likeness (QED) is 0.523. The van der Waals surface area contributed by atoms with E-state index >= 15 is 0 Å². The van der Waals surface area contributed by atoms with Crippen molar-refractivity contribution in [1.29, 1.82) is 0 Å². The average Bonchev–Trinajstić information content (AvgIpc) is 3.03. The number of aliphatic hydroxyl groups excluding tert-OH is 1. The number of amides is 1. The fraction of sp³-hybridized carbons (Fsp3) is 0.765. The van der Waals surface area contributed by atoms with Gasteiger partial charge in [0.05, 0.1) is 6.04 Å². The first kappa shape index (κ1) is 16.1. The van der Waals surface area contributed by atoms with Gasteiger partial charge in [0.1, 0.15) is 11.3 Å². The lowest BCUT2D eigenvalue weighted by molar-refractivity contribution is -0.128. The van der Waals surface area contributed by atoms with Crippen molar-refractivity contribution in [3.8, 4) is 0 Å². The lowest BCUT2D eigenvalue weighted by Crippen LogP contribution is -2.30. The minimum Gasteiger partial charge on any atom is -0.509 e. The Balaban J connectivity index is 1.73. The van der Waals surface area contributed by atoms with Crippen LogP contribution >= 0.6 is 0 Å². The molecule has 21 heavy (non-hydrogen) atoms. The van der Waals surface area contributed by atoms with Crippen LogP contribution in [0.1, 0.15) is 71.1 Å². The molecule has 0 bridgehead atoms. The Hall–Kier alpha value is -1.32. The van der Waals surface area contributed by atoms with E-state index < -0.39 is 0 Å². The summed E-state index contributed by atoms with van der Waals surface area (Å²) >= 11 is 0. The van der Waals surface area contributed by atoms with Crippen LogP contribution in [0.2, 0.25) is 0 Å². The molecule has 2 rings (SSSR count). The van der Waals surface area contributed by atoms with Crippen LogP contribution in [0.15, 0.2) is 11.3 Å². The van der Waals surface area contributed by atoms with Gasteiger partial charge in [-0.05, 0) is 19.3 Å². The molecule has 0 spiro atoms. The zero-order valence-corrected chi connectivity index (χ0v) is 13.1. The molecule has 4 nitrogen and oxygen atoms in total. The van der Waals surface area contributed by atoms with E-state index in [1.807, 2.05) is 0 Å². The Labute approximate surface area is 127 Å². The zero-order chi connectivity index (χ0) is 15.2. The van der Waals surface area contributed by atoms with Crippen molar-refractivity contribution in [2.24, 2.45) is 0 Å². The molecule has 4 heteroatoms. The van der Waals surface area contributed by atoms with Gasteiger partial charge in [0.25, 0.3) is 5.91 Å². The molecule has 1 saturated heterocycles. The lowest BCUT2D eigenvalue weighted by Gasteiger charge is -2.14. The van der Waals surface area contributed by atoms with Crippen LogP contribution < -0.4 is 0 Å². The zero-order valence-electron chi connectivity index (χ0n) is 13.1. The van der Waals surface area contributed by atoms with Gasteiger partial charge in [0.2, 0.25) is 0 Å². The predicted octanol–water partition coefficient (Wildman–Crippen LogP) is 3.51. The van der Waals surface area contributed by atoms with Crippen molar-refractivity contribution >= 4 is 11.7 Å². The highest BCUT2D eigenvalue weighted by atomic mass is 16.3. The molecular formula is C17H27NO3. The average molecular weight is 293 g/mol. The predicted molar refractivity (Wildman–Crippen MR) is 82.0 cm³/mol. The third-order valence-corrected chi connectivity index (χ3v) is 4.59. The first-order valence-corrected chi connectivity index (χ1v) is 8.44. The minimum atomic E-state index is -0.247. The van der Waals surface area contributed by atoms with E-state index in [2.05, 4.69) is 6.92 Å². The van der Waals surface area contributed by atoms with Crippen LogP contribution in [0.5, 0.6) is 0 Å². The normalized spacial score (nSPS) is 21.3. The molecule has 2 heterocycles. The fourth-order valence-corrected chi connectivity index (χ4v) is 3.34. The van der Waals surface area contributed by atoms with Crippen LogP contribution in [0.25, 0.3) is 0 Å². The molecule has 118 valence electrons. The van der Waals surface area contributed by atoms with Crippen molar-refractivity contribution in [3.05, 3.63) is 11.3 Å². The number of rotatable bonds is 9. The molecule has 2 aliphatic rings. The lowest BCUT2D eigenvalue weighted by atomic mass is 10.0. The van der Waals surface area contributed by atoms with Gasteiger partial charge in [-0.2, -0.15) is 0 Å². The van der Waals surface area contributed by atoms with Gasteiger partial charge in [-0.3, -0.25) is 9.59 Å². The molecule has 0 aromatic heterocycles. The molecule has 1 atom stereocenters. The first-order chi connectivity index (χ1) is 10.2. The summed E-state index contributed by atoms with van der Waals surface area (Å²) in [6.45, 7) is 2.87. The van der Waals surface area contributed by atoms with Crippen molar-refractivity contribution < 1.29 is 14.7 Å². The minimum absolute atomic E-state index is 0.0328. The summed E-state index contributed by atoms with van der Waals surface area (Å²) in [6.07, 6.45) is 10.1. The Bertz CT molecular complexity index is 428. The van der Waals surface area contributed by atoms with Crippen molar-refractivity contribution in [2.75, 3.05) is 6.54 Å².